The summed E-state index contributed by atoms with van der Waals surface area (Å²) in [5, 5.41) is 0. The Morgan fingerprint density at radius 3 is 2.03 bits per heavy atom. The van der Waals surface area contributed by atoms with Gasteiger partial charge in [-0.3, -0.25) is 9.69 Å². The molecule has 0 atom stereocenters. The number of benzene rings is 3. The van der Waals surface area contributed by atoms with Crippen LogP contribution in [0, 0.1) is 0 Å². The first-order chi connectivity index (χ1) is 14.6. The summed E-state index contributed by atoms with van der Waals surface area (Å²) < 4.78 is 10.7. The number of rotatable bonds is 9. The fourth-order valence-corrected chi connectivity index (χ4v) is 3.36. The van der Waals surface area contributed by atoms with E-state index in [0.29, 0.717) is 31.1 Å². The lowest BCUT2D eigenvalue weighted by molar-refractivity contribution is -0.119. The highest BCUT2D eigenvalue weighted by molar-refractivity contribution is 5.94. The van der Waals surface area contributed by atoms with Gasteiger partial charge in [-0.05, 0) is 42.4 Å². The molecule has 0 bridgehead atoms. The van der Waals surface area contributed by atoms with E-state index in [2.05, 4.69) is 0 Å². The number of carbonyl (C=O) groups excluding carboxylic acids is 1. The summed E-state index contributed by atoms with van der Waals surface area (Å²) in [6, 6.07) is 25.7. The summed E-state index contributed by atoms with van der Waals surface area (Å²) in [7, 11) is 5.18. The van der Waals surface area contributed by atoms with E-state index in [1.165, 1.54) is 0 Å². The van der Waals surface area contributed by atoms with E-state index in [1.54, 1.807) is 14.2 Å². The maximum atomic E-state index is 13.2. The molecule has 0 saturated carbocycles. The van der Waals surface area contributed by atoms with Crippen LogP contribution in [0.3, 0.4) is 0 Å². The van der Waals surface area contributed by atoms with Crippen LogP contribution in [-0.4, -0.2) is 38.6 Å². The molecule has 3 aromatic carbocycles. The molecule has 3 rings (SSSR count). The Morgan fingerprint density at radius 1 is 0.767 bits per heavy atom. The summed E-state index contributed by atoms with van der Waals surface area (Å²) in [5.41, 5.74) is 3.04. The molecule has 0 spiro atoms. The number of ether oxygens (including phenoxy) is 2. The van der Waals surface area contributed by atoms with Crippen LogP contribution in [0.15, 0.2) is 78.9 Å². The van der Waals surface area contributed by atoms with Crippen molar-refractivity contribution in [3.63, 3.8) is 0 Å². The van der Waals surface area contributed by atoms with Crippen molar-refractivity contribution in [2.75, 3.05) is 32.7 Å². The zero-order valence-electron chi connectivity index (χ0n) is 17.7. The number of anilines is 1. The lowest BCUT2D eigenvalue weighted by atomic mass is 10.1. The number of likely N-dealkylation sites (N-methyl/N-ethyl adjacent to an activating group) is 1. The Balaban J connectivity index is 1.72. The molecule has 0 fully saturated rings. The van der Waals surface area contributed by atoms with Crippen LogP contribution in [-0.2, 0) is 17.9 Å². The molecular weight excluding hydrogens is 376 g/mol. The highest BCUT2D eigenvalue weighted by atomic mass is 16.5. The van der Waals surface area contributed by atoms with Gasteiger partial charge in [-0.15, -0.1) is 0 Å². The van der Waals surface area contributed by atoms with E-state index in [4.69, 9.17) is 9.47 Å². The van der Waals surface area contributed by atoms with E-state index in [1.807, 2.05) is 95.7 Å². The molecule has 0 aliphatic rings. The average Bonchev–Trinajstić information content (AvgIpc) is 2.78. The second kappa shape index (κ2) is 10.5. The number of hydrogen-bond acceptors (Lipinski definition) is 4. The third kappa shape index (κ3) is 5.61. The Hall–Kier alpha value is -3.31. The van der Waals surface area contributed by atoms with Gasteiger partial charge in [0.05, 0.1) is 27.3 Å². The quantitative estimate of drug-likeness (QED) is 0.531. The summed E-state index contributed by atoms with van der Waals surface area (Å²) in [6.07, 6.45) is 0. The normalized spacial score (nSPS) is 10.7. The highest BCUT2D eigenvalue weighted by Crippen LogP contribution is 2.28. The maximum Gasteiger partial charge on any atom is 0.241 e. The van der Waals surface area contributed by atoms with Gasteiger partial charge in [0.15, 0.2) is 11.5 Å². The van der Waals surface area contributed by atoms with E-state index >= 15 is 0 Å². The molecule has 30 heavy (non-hydrogen) atoms. The SMILES string of the molecule is COc1ccc(CN(C)CC(=O)N(Cc2ccccc2)c2ccccc2)cc1OC. The van der Waals surface area contributed by atoms with E-state index in [-0.39, 0.29) is 5.91 Å². The predicted molar refractivity (Wildman–Crippen MR) is 120 cm³/mol. The van der Waals surface area contributed by atoms with Crippen LogP contribution < -0.4 is 14.4 Å². The molecule has 0 saturated heterocycles. The molecule has 1 amide bonds. The Morgan fingerprint density at radius 2 is 1.40 bits per heavy atom. The molecular formula is C25H28N2O3. The van der Waals surface area contributed by atoms with Gasteiger partial charge < -0.3 is 14.4 Å². The number of methoxy groups -OCH3 is 2. The van der Waals surface area contributed by atoms with Crippen molar-refractivity contribution in [2.45, 2.75) is 13.1 Å². The average molecular weight is 405 g/mol. The van der Waals surface area contributed by atoms with Gasteiger partial charge in [0, 0.05) is 12.2 Å². The van der Waals surface area contributed by atoms with Crippen molar-refractivity contribution in [1.82, 2.24) is 4.90 Å². The number of amides is 1. The van der Waals surface area contributed by atoms with Crippen LogP contribution in [0.25, 0.3) is 0 Å². The number of hydrogen-bond donors (Lipinski definition) is 0. The van der Waals surface area contributed by atoms with Crippen molar-refractivity contribution in [1.29, 1.82) is 0 Å². The van der Waals surface area contributed by atoms with Crippen LogP contribution in [0.2, 0.25) is 0 Å². The van der Waals surface area contributed by atoms with Crippen molar-refractivity contribution in [3.05, 3.63) is 90.0 Å². The van der Waals surface area contributed by atoms with Crippen molar-refractivity contribution in [3.8, 4) is 11.5 Å². The number of nitrogens with zero attached hydrogens (tertiary/aromatic N) is 2. The van der Waals surface area contributed by atoms with Crippen LogP contribution in [0.5, 0.6) is 11.5 Å². The zero-order chi connectivity index (χ0) is 21.3. The second-order valence-corrected chi connectivity index (χ2v) is 7.16. The largest absolute Gasteiger partial charge is 0.493 e. The first-order valence-electron chi connectivity index (χ1n) is 9.89. The third-order valence-electron chi connectivity index (χ3n) is 4.86. The van der Waals surface area contributed by atoms with E-state index in [9.17, 15) is 4.79 Å². The smallest absolute Gasteiger partial charge is 0.241 e. The van der Waals surface area contributed by atoms with Crippen molar-refractivity contribution in [2.24, 2.45) is 0 Å². The Labute approximate surface area is 178 Å². The van der Waals surface area contributed by atoms with Gasteiger partial charge in [0.25, 0.3) is 0 Å². The van der Waals surface area contributed by atoms with Gasteiger partial charge in [0.1, 0.15) is 0 Å². The Kier molecular flexibility index (Phi) is 7.46. The molecule has 0 aromatic heterocycles. The predicted octanol–water partition coefficient (Wildman–Crippen LogP) is 4.37. The minimum Gasteiger partial charge on any atom is -0.493 e. The summed E-state index contributed by atoms with van der Waals surface area (Å²) in [5.74, 6) is 1.43. The van der Waals surface area contributed by atoms with Crippen LogP contribution in [0.4, 0.5) is 5.69 Å². The molecule has 5 nitrogen and oxygen atoms in total. The highest BCUT2D eigenvalue weighted by Gasteiger charge is 2.18. The molecule has 0 N–H and O–H groups in total. The van der Waals surface area contributed by atoms with Gasteiger partial charge >= 0.3 is 0 Å². The minimum absolute atomic E-state index is 0.0491. The lowest BCUT2D eigenvalue weighted by Gasteiger charge is -2.26. The number of para-hydroxylation sites is 1. The minimum atomic E-state index is 0.0491. The van der Waals surface area contributed by atoms with Crippen LogP contribution in [0.1, 0.15) is 11.1 Å². The molecule has 0 aliphatic carbocycles. The Bertz CT molecular complexity index is 945. The van der Waals surface area contributed by atoms with E-state index in [0.717, 1.165) is 16.8 Å². The van der Waals surface area contributed by atoms with Gasteiger partial charge in [0.2, 0.25) is 5.91 Å². The van der Waals surface area contributed by atoms with Crippen molar-refractivity contribution >= 4 is 11.6 Å². The molecule has 3 aromatic rings. The summed E-state index contributed by atoms with van der Waals surface area (Å²) >= 11 is 0. The number of carbonyl (C=O) groups is 1. The first kappa shape index (κ1) is 21.4. The molecule has 0 unspecified atom stereocenters. The molecule has 0 radical (unpaired) electrons. The van der Waals surface area contributed by atoms with Gasteiger partial charge in [-0.1, -0.05) is 54.6 Å². The standard InChI is InChI=1S/C25H28N2O3/c1-26(17-21-14-15-23(29-2)24(16-21)30-3)19-25(28)27(22-12-8-5-9-13-22)18-20-10-6-4-7-11-20/h4-16H,17-19H2,1-3H3. The van der Waals surface area contributed by atoms with Crippen LogP contribution >= 0.6 is 0 Å². The monoisotopic (exact) mass is 404 g/mol. The molecule has 0 heterocycles. The first-order valence-corrected chi connectivity index (χ1v) is 9.89. The summed E-state index contributed by atoms with van der Waals surface area (Å²) in [6.45, 7) is 1.46. The second-order valence-electron chi connectivity index (χ2n) is 7.16. The summed E-state index contributed by atoms with van der Waals surface area (Å²) in [4.78, 5) is 17.1. The van der Waals surface area contributed by atoms with Gasteiger partial charge in [-0.2, -0.15) is 0 Å². The lowest BCUT2D eigenvalue weighted by Crippen LogP contribution is -2.38. The van der Waals surface area contributed by atoms with Gasteiger partial charge in [-0.25, -0.2) is 0 Å². The third-order valence-corrected chi connectivity index (χ3v) is 4.86. The molecule has 0 aliphatic heterocycles. The van der Waals surface area contributed by atoms with E-state index < -0.39 is 0 Å². The zero-order valence-corrected chi connectivity index (χ0v) is 17.7. The molecule has 156 valence electrons. The fourth-order valence-electron chi connectivity index (χ4n) is 3.36. The topological polar surface area (TPSA) is 42.0 Å². The maximum absolute atomic E-state index is 13.2. The van der Waals surface area contributed by atoms with Crippen molar-refractivity contribution < 1.29 is 14.3 Å². The fraction of sp³-hybridized carbons (Fsp3) is 0.240. The molecule has 5 heteroatoms.